The van der Waals surface area contributed by atoms with Gasteiger partial charge in [-0.3, -0.25) is 14.9 Å². The van der Waals surface area contributed by atoms with Gasteiger partial charge in [-0.05, 0) is 32.5 Å². The molecule has 20 heavy (non-hydrogen) atoms. The first-order chi connectivity index (χ1) is 9.49. The Morgan fingerprint density at radius 1 is 1.50 bits per heavy atom. The molecule has 2 N–H and O–H groups in total. The molecule has 0 saturated carbocycles. The third kappa shape index (κ3) is 4.20. The number of carbonyl (C=O) groups excluding carboxylic acids is 1. The van der Waals surface area contributed by atoms with E-state index in [-0.39, 0.29) is 17.3 Å². The van der Waals surface area contributed by atoms with Crippen molar-refractivity contribution in [2.24, 2.45) is 0 Å². The summed E-state index contributed by atoms with van der Waals surface area (Å²) in [7, 11) is 1.78. The number of nitro benzene ring substituents is 1. The Hall–Kier alpha value is -2.15. The predicted molar refractivity (Wildman–Crippen MR) is 74.6 cm³/mol. The molecular formula is C13H19N3O4. The predicted octanol–water partition coefficient (Wildman–Crippen LogP) is 1.22. The summed E-state index contributed by atoms with van der Waals surface area (Å²) in [4.78, 5) is 22.1. The Morgan fingerprint density at radius 2 is 2.20 bits per heavy atom. The first-order valence-electron chi connectivity index (χ1n) is 6.35. The monoisotopic (exact) mass is 281 g/mol. The van der Waals surface area contributed by atoms with Crippen LogP contribution in [-0.2, 0) is 11.3 Å². The first-order valence-corrected chi connectivity index (χ1v) is 6.35. The van der Waals surface area contributed by atoms with Gasteiger partial charge in [-0.15, -0.1) is 0 Å². The van der Waals surface area contributed by atoms with Crippen LogP contribution in [-0.4, -0.2) is 30.5 Å². The van der Waals surface area contributed by atoms with E-state index < -0.39 is 11.0 Å². The van der Waals surface area contributed by atoms with Gasteiger partial charge in [0.05, 0.1) is 4.92 Å². The number of amides is 1. The zero-order valence-electron chi connectivity index (χ0n) is 11.8. The van der Waals surface area contributed by atoms with Crippen molar-refractivity contribution in [3.63, 3.8) is 0 Å². The van der Waals surface area contributed by atoms with Gasteiger partial charge in [-0.1, -0.05) is 6.07 Å². The van der Waals surface area contributed by atoms with E-state index in [0.29, 0.717) is 13.1 Å². The average Bonchev–Trinajstić information content (AvgIpc) is 2.39. The zero-order valence-corrected chi connectivity index (χ0v) is 11.8. The highest BCUT2D eigenvalue weighted by Gasteiger charge is 2.21. The minimum atomic E-state index is -0.793. The molecule has 1 aromatic carbocycles. The summed E-state index contributed by atoms with van der Waals surface area (Å²) in [6, 6.07) is 4.61. The van der Waals surface area contributed by atoms with Gasteiger partial charge in [0.25, 0.3) is 5.91 Å². The van der Waals surface area contributed by atoms with Crippen LogP contribution in [0, 0.1) is 10.1 Å². The molecule has 0 aromatic heterocycles. The van der Waals surface area contributed by atoms with Crippen LogP contribution >= 0.6 is 0 Å². The number of nitrogens with zero attached hydrogens (tertiary/aromatic N) is 1. The Kier molecular flexibility index (Phi) is 5.92. The van der Waals surface area contributed by atoms with Crippen molar-refractivity contribution in [3.05, 3.63) is 33.9 Å². The van der Waals surface area contributed by atoms with Crippen molar-refractivity contribution < 1.29 is 14.5 Å². The molecule has 1 rings (SSSR count). The molecule has 0 saturated heterocycles. The Morgan fingerprint density at radius 3 is 2.75 bits per heavy atom. The van der Waals surface area contributed by atoms with Gasteiger partial charge in [-0.2, -0.15) is 0 Å². The number of carbonyl (C=O) groups is 1. The third-order valence-corrected chi connectivity index (χ3v) is 2.63. The van der Waals surface area contributed by atoms with Gasteiger partial charge in [0.2, 0.25) is 0 Å². The molecule has 0 fully saturated rings. The number of hydrogen-bond donors (Lipinski definition) is 2. The molecule has 0 heterocycles. The lowest BCUT2D eigenvalue weighted by molar-refractivity contribution is -0.386. The highest BCUT2D eigenvalue weighted by molar-refractivity contribution is 5.80. The van der Waals surface area contributed by atoms with E-state index in [1.54, 1.807) is 33.0 Å². The summed E-state index contributed by atoms with van der Waals surface area (Å²) in [5, 5.41) is 16.5. The van der Waals surface area contributed by atoms with Crippen LogP contribution in [0.15, 0.2) is 18.2 Å². The third-order valence-electron chi connectivity index (χ3n) is 2.63. The maximum Gasteiger partial charge on any atom is 0.310 e. The number of hydrogen-bond acceptors (Lipinski definition) is 5. The lowest BCUT2D eigenvalue weighted by Crippen LogP contribution is -2.36. The number of nitrogens with one attached hydrogen (secondary N) is 2. The fourth-order valence-corrected chi connectivity index (χ4v) is 1.68. The lowest BCUT2D eigenvalue weighted by atomic mass is 10.2. The standard InChI is InChI=1S/C13H19N3O4/c1-4-15-13(17)9(2)20-12-7-10(8-14-3)5-6-11(12)16(18)19/h5-7,9,14H,4,8H2,1-3H3,(H,15,17). The number of likely N-dealkylation sites (N-methyl/N-ethyl adjacent to an activating group) is 1. The first kappa shape index (κ1) is 15.9. The normalized spacial score (nSPS) is 11.8. The second kappa shape index (κ2) is 7.44. The molecule has 1 unspecified atom stereocenters. The summed E-state index contributed by atoms with van der Waals surface area (Å²) in [6.07, 6.45) is -0.793. The summed E-state index contributed by atoms with van der Waals surface area (Å²) < 4.78 is 5.43. The maximum absolute atomic E-state index is 11.6. The van der Waals surface area contributed by atoms with Gasteiger partial charge < -0.3 is 15.4 Å². The zero-order chi connectivity index (χ0) is 15.1. The molecule has 110 valence electrons. The lowest BCUT2D eigenvalue weighted by Gasteiger charge is -2.14. The number of rotatable bonds is 7. The van der Waals surface area contributed by atoms with Crippen LogP contribution in [0.3, 0.4) is 0 Å². The molecule has 7 heteroatoms. The number of nitro groups is 1. The molecule has 0 aliphatic heterocycles. The van der Waals surface area contributed by atoms with Gasteiger partial charge in [0.1, 0.15) is 0 Å². The number of benzene rings is 1. The van der Waals surface area contributed by atoms with Gasteiger partial charge in [0.15, 0.2) is 11.9 Å². The van der Waals surface area contributed by atoms with Crippen LogP contribution in [0.2, 0.25) is 0 Å². The maximum atomic E-state index is 11.6. The van der Waals surface area contributed by atoms with Gasteiger partial charge in [-0.25, -0.2) is 0 Å². The van der Waals surface area contributed by atoms with E-state index in [4.69, 9.17) is 4.74 Å². The molecular weight excluding hydrogens is 262 g/mol. The van der Waals surface area contributed by atoms with Crippen LogP contribution in [0.4, 0.5) is 5.69 Å². The minimum Gasteiger partial charge on any atom is -0.474 e. The highest BCUT2D eigenvalue weighted by Crippen LogP contribution is 2.28. The van der Waals surface area contributed by atoms with Crippen molar-refractivity contribution in [2.45, 2.75) is 26.5 Å². The van der Waals surface area contributed by atoms with E-state index in [2.05, 4.69) is 10.6 Å². The van der Waals surface area contributed by atoms with Crippen molar-refractivity contribution >= 4 is 11.6 Å². The molecule has 0 aliphatic rings. The molecule has 1 amide bonds. The smallest absolute Gasteiger partial charge is 0.310 e. The minimum absolute atomic E-state index is 0.0986. The molecule has 0 spiro atoms. The van der Waals surface area contributed by atoms with Gasteiger partial charge in [0, 0.05) is 19.2 Å². The van der Waals surface area contributed by atoms with Crippen LogP contribution in [0.25, 0.3) is 0 Å². The van der Waals surface area contributed by atoms with Crippen LogP contribution < -0.4 is 15.4 Å². The molecule has 0 bridgehead atoms. The fourth-order valence-electron chi connectivity index (χ4n) is 1.68. The summed E-state index contributed by atoms with van der Waals surface area (Å²) >= 11 is 0. The summed E-state index contributed by atoms with van der Waals surface area (Å²) in [5.41, 5.74) is 0.692. The van der Waals surface area contributed by atoms with Crippen LogP contribution in [0.5, 0.6) is 5.75 Å². The molecule has 0 radical (unpaired) electrons. The number of ether oxygens (including phenoxy) is 1. The van der Waals surface area contributed by atoms with E-state index >= 15 is 0 Å². The molecule has 1 atom stereocenters. The van der Waals surface area contributed by atoms with Crippen LogP contribution in [0.1, 0.15) is 19.4 Å². The molecule has 0 aliphatic carbocycles. The van der Waals surface area contributed by atoms with E-state index in [9.17, 15) is 14.9 Å². The second-order valence-corrected chi connectivity index (χ2v) is 4.24. The Bertz CT molecular complexity index is 491. The van der Waals surface area contributed by atoms with E-state index in [0.717, 1.165) is 5.56 Å². The molecule has 1 aromatic rings. The van der Waals surface area contributed by atoms with Gasteiger partial charge >= 0.3 is 5.69 Å². The topological polar surface area (TPSA) is 93.5 Å². The van der Waals surface area contributed by atoms with E-state index in [1.807, 2.05) is 0 Å². The van der Waals surface area contributed by atoms with Crippen molar-refractivity contribution in [1.82, 2.24) is 10.6 Å². The fraction of sp³-hybridized carbons (Fsp3) is 0.462. The largest absolute Gasteiger partial charge is 0.474 e. The average molecular weight is 281 g/mol. The quantitative estimate of drug-likeness (QED) is 0.579. The SMILES string of the molecule is CCNC(=O)C(C)Oc1cc(CNC)ccc1[N+](=O)[O-]. The van der Waals surface area contributed by atoms with E-state index in [1.165, 1.54) is 6.07 Å². The Labute approximate surface area is 117 Å². The van der Waals surface area contributed by atoms with Crippen molar-refractivity contribution in [3.8, 4) is 5.75 Å². The highest BCUT2D eigenvalue weighted by atomic mass is 16.6. The second-order valence-electron chi connectivity index (χ2n) is 4.24. The Balaban J connectivity index is 2.97. The van der Waals surface area contributed by atoms with Crippen molar-refractivity contribution in [1.29, 1.82) is 0 Å². The summed E-state index contributed by atoms with van der Waals surface area (Å²) in [6.45, 7) is 4.39. The molecule has 7 nitrogen and oxygen atoms in total. The summed E-state index contributed by atoms with van der Waals surface area (Å²) in [5.74, 6) is -0.206. The van der Waals surface area contributed by atoms with Crippen molar-refractivity contribution in [2.75, 3.05) is 13.6 Å².